The van der Waals surface area contributed by atoms with E-state index in [2.05, 4.69) is 15.2 Å². The van der Waals surface area contributed by atoms with Gasteiger partial charge in [-0.15, -0.1) is 10.2 Å². The fraction of sp³-hybridized carbons (Fsp3) is 0.350. The lowest BCUT2D eigenvalue weighted by atomic mass is 9.66. The predicted molar refractivity (Wildman–Crippen MR) is 109 cm³/mol. The Labute approximate surface area is 168 Å². The van der Waals surface area contributed by atoms with Gasteiger partial charge >= 0.3 is 0 Å². The molecule has 0 unspecified atom stereocenters. The van der Waals surface area contributed by atoms with E-state index in [-0.39, 0.29) is 10.3 Å². The average molecular weight is 411 g/mol. The van der Waals surface area contributed by atoms with Crippen molar-refractivity contribution in [2.75, 3.05) is 6.54 Å². The number of fused-ring (bicyclic) bond motifs is 3. The third-order valence-corrected chi connectivity index (χ3v) is 7.74. The maximum atomic E-state index is 13.2. The number of nitrogens with two attached hydrogens (primary N) is 1. The van der Waals surface area contributed by atoms with E-state index < -0.39 is 10.0 Å². The van der Waals surface area contributed by atoms with Crippen LogP contribution in [0.1, 0.15) is 30.7 Å². The van der Waals surface area contributed by atoms with E-state index in [1.54, 1.807) is 36.5 Å². The highest BCUT2D eigenvalue weighted by Crippen LogP contribution is 2.42. The van der Waals surface area contributed by atoms with Crippen molar-refractivity contribution < 1.29 is 8.42 Å². The zero-order valence-corrected chi connectivity index (χ0v) is 16.9. The lowest BCUT2D eigenvalue weighted by Crippen LogP contribution is -2.39. The van der Waals surface area contributed by atoms with Crippen molar-refractivity contribution in [3.05, 3.63) is 54.1 Å². The fourth-order valence-corrected chi connectivity index (χ4v) is 5.38. The van der Waals surface area contributed by atoms with E-state index in [9.17, 15) is 8.42 Å². The highest BCUT2D eigenvalue weighted by atomic mass is 32.2. The van der Waals surface area contributed by atoms with Gasteiger partial charge in [0.25, 0.3) is 10.0 Å². The smallest absolute Gasteiger partial charge is 0.269 e. The maximum absolute atomic E-state index is 13.2. The quantitative estimate of drug-likeness (QED) is 0.541. The summed E-state index contributed by atoms with van der Waals surface area (Å²) in [4.78, 5) is 4.60. The summed E-state index contributed by atoms with van der Waals surface area (Å²) in [6.45, 7) is 2.53. The Hall–Kier alpha value is -2.78. The summed E-state index contributed by atoms with van der Waals surface area (Å²) in [5, 5.41) is 8.59. The molecule has 1 fully saturated rings. The summed E-state index contributed by atoms with van der Waals surface area (Å²) < 4.78 is 29.5. The summed E-state index contributed by atoms with van der Waals surface area (Å²) in [6, 6.07) is 8.55. The zero-order valence-electron chi connectivity index (χ0n) is 16.1. The average Bonchev–Trinajstić information content (AvgIpc) is 3.29. The molecule has 8 nitrogen and oxygen atoms in total. The molecule has 1 aromatic carbocycles. The molecule has 2 N–H and O–H groups in total. The highest BCUT2D eigenvalue weighted by Gasteiger charge is 2.37. The Morgan fingerprint density at radius 1 is 1.14 bits per heavy atom. The molecule has 0 atom stereocenters. The van der Waals surface area contributed by atoms with E-state index in [4.69, 9.17) is 5.73 Å². The molecule has 0 spiro atoms. The van der Waals surface area contributed by atoms with Gasteiger partial charge in [0.05, 0.1) is 16.6 Å². The van der Waals surface area contributed by atoms with Crippen LogP contribution in [0.25, 0.3) is 16.8 Å². The highest BCUT2D eigenvalue weighted by molar-refractivity contribution is 7.90. The molecule has 150 valence electrons. The largest absolute Gasteiger partial charge is 0.330 e. The number of rotatable bonds is 5. The van der Waals surface area contributed by atoms with Crippen LogP contribution in [0.2, 0.25) is 0 Å². The first-order valence-corrected chi connectivity index (χ1v) is 11.1. The second kappa shape index (κ2) is 6.36. The molecule has 1 saturated carbocycles. The molecular weight excluding hydrogens is 388 g/mol. The lowest BCUT2D eigenvalue weighted by molar-refractivity contribution is 0.141. The molecule has 9 heteroatoms. The van der Waals surface area contributed by atoms with Crippen molar-refractivity contribution in [2.24, 2.45) is 11.1 Å². The number of aryl methyl sites for hydroxylation is 1. The van der Waals surface area contributed by atoms with Crippen LogP contribution in [-0.2, 0) is 16.4 Å². The molecular formula is C20H22N6O2S. The van der Waals surface area contributed by atoms with Crippen LogP contribution in [0, 0.1) is 12.3 Å². The number of nitrogens with zero attached hydrogens (tertiary/aromatic N) is 5. The normalized spacial score (nSPS) is 16.3. The van der Waals surface area contributed by atoms with Crippen LogP contribution in [0.4, 0.5) is 0 Å². The number of hydrogen-bond acceptors (Lipinski definition) is 6. The van der Waals surface area contributed by atoms with Crippen molar-refractivity contribution in [3.63, 3.8) is 0 Å². The minimum atomic E-state index is -3.76. The Kier molecular flexibility index (Phi) is 4.01. The lowest BCUT2D eigenvalue weighted by Gasteiger charge is -2.40. The summed E-state index contributed by atoms with van der Waals surface area (Å²) in [5.74, 6) is 0.794. The third-order valence-electron chi connectivity index (χ3n) is 6.06. The SMILES string of the molecule is Cc1ccc(S(=O)(=O)n2ccc3c2ncc2nnc(CC4(CN)CCC4)n23)cc1. The van der Waals surface area contributed by atoms with Gasteiger partial charge in [-0.1, -0.05) is 24.1 Å². The number of aromatic nitrogens is 5. The maximum Gasteiger partial charge on any atom is 0.269 e. The van der Waals surface area contributed by atoms with Gasteiger partial charge in [0.1, 0.15) is 5.82 Å². The van der Waals surface area contributed by atoms with E-state index in [0.717, 1.165) is 30.7 Å². The summed E-state index contributed by atoms with van der Waals surface area (Å²) >= 11 is 0. The summed E-state index contributed by atoms with van der Waals surface area (Å²) in [6.07, 6.45) is 7.16. The minimum Gasteiger partial charge on any atom is -0.330 e. The van der Waals surface area contributed by atoms with Crippen molar-refractivity contribution in [1.29, 1.82) is 0 Å². The van der Waals surface area contributed by atoms with Gasteiger partial charge in [-0.3, -0.25) is 4.40 Å². The van der Waals surface area contributed by atoms with Gasteiger partial charge in [-0.2, -0.15) is 0 Å². The summed E-state index contributed by atoms with van der Waals surface area (Å²) in [7, 11) is -3.76. The number of hydrogen-bond donors (Lipinski definition) is 1. The van der Waals surface area contributed by atoms with Gasteiger partial charge in [-0.25, -0.2) is 17.4 Å². The molecule has 3 aromatic heterocycles. The standard InChI is InChI=1S/C20H22N6O2S/c1-14-3-5-15(6-4-14)29(27,28)25-10-7-16-19(25)22-12-18-24-23-17(26(16)18)11-20(13-21)8-2-9-20/h3-7,10,12H,2,8-9,11,13,21H2,1H3. The van der Waals surface area contributed by atoms with Crippen molar-refractivity contribution >= 4 is 26.8 Å². The number of benzene rings is 1. The molecule has 29 heavy (non-hydrogen) atoms. The Morgan fingerprint density at radius 2 is 1.90 bits per heavy atom. The van der Waals surface area contributed by atoms with Crippen molar-refractivity contribution in [1.82, 2.24) is 23.6 Å². The van der Waals surface area contributed by atoms with Crippen LogP contribution < -0.4 is 5.73 Å². The van der Waals surface area contributed by atoms with E-state index in [1.165, 1.54) is 16.6 Å². The van der Waals surface area contributed by atoms with Crippen molar-refractivity contribution in [3.8, 4) is 0 Å². The molecule has 0 amide bonds. The third kappa shape index (κ3) is 2.76. The van der Waals surface area contributed by atoms with Crippen molar-refractivity contribution in [2.45, 2.75) is 37.5 Å². The minimum absolute atomic E-state index is 0.0646. The molecule has 0 saturated heterocycles. The molecule has 0 bridgehead atoms. The molecule has 5 rings (SSSR count). The monoisotopic (exact) mass is 410 g/mol. The topological polar surface area (TPSA) is 108 Å². The van der Waals surface area contributed by atoms with Crippen LogP contribution >= 0.6 is 0 Å². The van der Waals surface area contributed by atoms with Crippen LogP contribution in [0.3, 0.4) is 0 Å². The fourth-order valence-electron chi connectivity index (χ4n) is 4.09. The second-order valence-corrected chi connectivity index (χ2v) is 9.76. The first-order valence-electron chi connectivity index (χ1n) is 9.66. The molecule has 4 aromatic rings. The molecule has 1 aliphatic rings. The predicted octanol–water partition coefficient (Wildman–Crippen LogP) is 2.30. The van der Waals surface area contributed by atoms with E-state index in [1.807, 2.05) is 11.3 Å². The molecule has 3 heterocycles. The van der Waals surface area contributed by atoms with E-state index in [0.29, 0.717) is 23.4 Å². The molecule has 1 aliphatic carbocycles. The summed E-state index contributed by atoms with van der Waals surface area (Å²) in [5.41, 5.74) is 8.72. The molecule has 0 radical (unpaired) electrons. The van der Waals surface area contributed by atoms with Gasteiger partial charge < -0.3 is 5.73 Å². The Morgan fingerprint density at radius 3 is 2.55 bits per heavy atom. The van der Waals surface area contributed by atoms with Crippen LogP contribution in [0.15, 0.2) is 47.6 Å². The first kappa shape index (κ1) is 18.3. The molecule has 0 aliphatic heterocycles. The Balaban J connectivity index is 1.65. The van der Waals surface area contributed by atoms with Gasteiger partial charge in [-0.05, 0) is 49.9 Å². The van der Waals surface area contributed by atoms with Crippen LogP contribution in [-0.4, -0.2) is 38.5 Å². The second-order valence-electron chi connectivity index (χ2n) is 7.94. The Bertz CT molecular complexity index is 1310. The van der Waals surface area contributed by atoms with E-state index >= 15 is 0 Å². The van der Waals surface area contributed by atoms with Gasteiger partial charge in [0.15, 0.2) is 11.3 Å². The van der Waals surface area contributed by atoms with Gasteiger partial charge in [0, 0.05) is 12.6 Å². The van der Waals surface area contributed by atoms with Crippen LogP contribution in [0.5, 0.6) is 0 Å². The van der Waals surface area contributed by atoms with Gasteiger partial charge in [0.2, 0.25) is 0 Å². The zero-order chi connectivity index (χ0) is 20.2. The first-order chi connectivity index (χ1) is 13.9.